The molecule has 0 saturated heterocycles. The number of aliphatic hydroxyl groups excluding tert-OH is 1. The van der Waals surface area contributed by atoms with Crippen LogP contribution >= 0.6 is 11.8 Å². The Bertz CT molecular complexity index is 260. The van der Waals surface area contributed by atoms with E-state index in [2.05, 4.69) is 11.9 Å². The first-order chi connectivity index (χ1) is 6.74. The minimum Gasteiger partial charge on any atom is -0.388 e. The molecule has 0 spiro atoms. The lowest BCUT2D eigenvalue weighted by atomic mass is 10.1. The molecule has 0 aliphatic heterocycles. The molecule has 0 aliphatic carbocycles. The van der Waals surface area contributed by atoms with E-state index in [4.69, 9.17) is 0 Å². The standard InChI is InChI=1S/C11H17NOS/c1-3-14-7-6-11(13)10-5-4-9(2)12-8-10/h4-5,8,11,13H,3,6-7H2,1-2H3. The van der Waals surface area contributed by atoms with Crippen LogP contribution in [0.2, 0.25) is 0 Å². The van der Waals surface area contributed by atoms with Crippen molar-refractivity contribution >= 4 is 11.8 Å². The second kappa shape index (κ2) is 6.04. The van der Waals surface area contributed by atoms with Crippen LogP contribution in [0.25, 0.3) is 0 Å². The average Bonchev–Trinajstić information content (AvgIpc) is 2.19. The highest BCUT2D eigenvalue weighted by Crippen LogP contribution is 2.18. The Morgan fingerprint density at radius 3 is 2.86 bits per heavy atom. The van der Waals surface area contributed by atoms with Crippen LogP contribution in [0.4, 0.5) is 0 Å². The van der Waals surface area contributed by atoms with Crippen molar-refractivity contribution in [2.24, 2.45) is 0 Å². The van der Waals surface area contributed by atoms with Crippen molar-refractivity contribution in [3.63, 3.8) is 0 Å². The van der Waals surface area contributed by atoms with Gasteiger partial charge in [-0.1, -0.05) is 13.0 Å². The summed E-state index contributed by atoms with van der Waals surface area (Å²) in [7, 11) is 0. The molecule has 1 unspecified atom stereocenters. The number of aliphatic hydroxyl groups is 1. The van der Waals surface area contributed by atoms with Crippen LogP contribution in [0.15, 0.2) is 18.3 Å². The highest BCUT2D eigenvalue weighted by Gasteiger charge is 2.06. The maximum Gasteiger partial charge on any atom is 0.0812 e. The first-order valence-corrected chi connectivity index (χ1v) is 6.08. The highest BCUT2D eigenvalue weighted by atomic mass is 32.2. The first kappa shape index (κ1) is 11.5. The van der Waals surface area contributed by atoms with Crippen molar-refractivity contribution in [3.05, 3.63) is 29.6 Å². The SMILES string of the molecule is CCSCCC(O)c1ccc(C)nc1. The zero-order valence-electron chi connectivity index (χ0n) is 8.73. The Morgan fingerprint density at radius 1 is 1.50 bits per heavy atom. The summed E-state index contributed by atoms with van der Waals surface area (Å²) in [5.74, 6) is 2.12. The van der Waals surface area contributed by atoms with Gasteiger partial charge in [0.25, 0.3) is 0 Å². The molecule has 78 valence electrons. The molecule has 3 heteroatoms. The number of aromatic nitrogens is 1. The third kappa shape index (κ3) is 3.68. The lowest BCUT2D eigenvalue weighted by molar-refractivity contribution is 0.174. The maximum atomic E-state index is 9.78. The second-order valence-electron chi connectivity index (χ2n) is 3.23. The summed E-state index contributed by atoms with van der Waals surface area (Å²) in [6.45, 7) is 4.08. The van der Waals surface area contributed by atoms with Gasteiger partial charge in [0.15, 0.2) is 0 Å². The first-order valence-electron chi connectivity index (χ1n) is 4.92. The Morgan fingerprint density at radius 2 is 2.29 bits per heavy atom. The van der Waals surface area contributed by atoms with Gasteiger partial charge in [-0.25, -0.2) is 0 Å². The smallest absolute Gasteiger partial charge is 0.0812 e. The van der Waals surface area contributed by atoms with Gasteiger partial charge in [-0.2, -0.15) is 11.8 Å². The summed E-state index contributed by atoms with van der Waals surface area (Å²) < 4.78 is 0. The Hall–Kier alpha value is -0.540. The van der Waals surface area contributed by atoms with Gasteiger partial charge in [0, 0.05) is 11.9 Å². The van der Waals surface area contributed by atoms with E-state index in [0.717, 1.165) is 29.2 Å². The van der Waals surface area contributed by atoms with E-state index in [1.54, 1.807) is 6.20 Å². The van der Waals surface area contributed by atoms with Crippen LogP contribution < -0.4 is 0 Å². The van der Waals surface area contributed by atoms with Crippen LogP contribution in [0.1, 0.15) is 30.7 Å². The number of rotatable bonds is 5. The molecule has 0 aliphatic rings. The molecule has 1 rings (SSSR count). The summed E-state index contributed by atoms with van der Waals surface area (Å²) in [5.41, 5.74) is 1.91. The average molecular weight is 211 g/mol. The van der Waals surface area contributed by atoms with Crippen molar-refractivity contribution in [3.8, 4) is 0 Å². The maximum absolute atomic E-state index is 9.78. The van der Waals surface area contributed by atoms with E-state index in [1.807, 2.05) is 30.8 Å². The van der Waals surface area contributed by atoms with Gasteiger partial charge in [0.05, 0.1) is 6.10 Å². The minimum absolute atomic E-state index is 0.359. The zero-order valence-corrected chi connectivity index (χ0v) is 9.55. The van der Waals surface area contributed by atoms with E-state index in [9.17, 15) is 5.11 Å². The third-order valence-electron chi connectivity index (χ3n) is 2.06. The molecule has 1 aromatic heterocycles. The third-order valence-corrected chi connectivity index (χ3v) is 2.99. The molecule has 1 heterocycles. The summed E-state index contributed by atoms with van der Waals surface area (Å²) in [6, 6.07) is 3.88. The quantitative estimate of drug-likeness (QED) is 0.760. The molecular formula is C11H17NOS. The van der Waals surface area contributed by atoms with E-state index in [-0.39, 0.29) is 6.10 Å². The van der Waals surface area contributed by atoms with Crippen LogP contribution in [0, 0.1) is 6.92 Å². The fourth-order valence-electron chi connectivity index (χ4n) is 1.18. The minimum atomic E-state index is -0.359. The van der Waals surface area contributed by atoms with Crippen LogP contribution in [-0.2, 0) is 0 Å². The van der Waals surface area contributed by atoms with Gasteiger partial charge in [-0.3, -0.25) is 4.98 Å². The monoisotopic (exact) mass is 211 g/mol. The molecule has 0 saturated carbocycles. The fourth-order valence-corrected chi connectivity index (χ4v) is 1.86. The van der Waals surface area contributed by atoms with Gasteiger partial charge in [0.2, 0.25) is 0 Å². The molecule has 0 amide bonds. The van der Waals surface area contributed by atoms with Crippen molar-refractivity contribution in [1.29, 1.82) is 0 Å². The Kier molecular flexibility index (Phi) is 4.98. The normalized spacial score (nSPS) is 12.8. The van der Waals surface area contributed by atoms with Crippen LogP contribution in [0.3, 0.4) is 0 Å². The summed E-state index contributed by atoms with van der Waals surface area (Å²) in [5, 5.41) is 9.78. The molecular weight excluding hydrogens is 194 g/mol. The molecule has 2 nitrogen and oxygen atoms in total. The molecule has 14 heavy (non-hydrogen) atoms. The van der Waals surface area contributed by atoms with Gasteiger partial charge < -0.3 is 5.11 Å². The van der Waals surface area contributed by atoms with Gasteiger partial charge >= 0.3 is 0 Å². The van der Waals surface area contributed by atoms with Gasteiger partial charge in [0.1, 0.15) is 0 Å². The van der Waals surface area contributed by atoms with E-state index >= 15 is 0 Å². The second-order valence-corrected chi connectivity index (χ2v) is 4.63. The summed E-state index contributed by atoms with van der Waals surface area (Å²) >= 11 is 1.85. The van der Waals surface area contributed by atoms with Gasteiger partial charge in [-0.15, -0.1) is 0 Å². The molecule has 1 atom stereocenters. The molecule has 0 radical (unpaired) electrons. The summed E-state index contributed by atoms with van der Waals surface area (Å²) in [4.78, 5) is 4.16. The zero-order chi connectivity index (χ0) is 10.4. The fraction of sp³-hybridized carbons (Fsp3) is 0.545. The lowest BCUT2D eigenvalue weighted by Crippen LogP contribution is -2.00. The predicted molar refractivity (Wildman–Crippen MR) is 61.5 cm³/mol. The topological polar surface area (TPSA) is 33.1 Å². The van der Waals surface area contributed by atoms with Crippen molar-refractivity contribution in [2.75, 3.05) is 11.5 Å². The summed E-state index contributed by atoms with van der Waals surface area (Å²) in [6.07, 6.45) is 2.21. The highest BCUT2D eigenvalue weighted by molar-refractivity contribution is 7.99. The molecule has 0 fully saturated rings. The van der Waals surface area contributed by atoms with Crippen LogP contribution in [-0.4, -0.2) is 21.6 Å². The van der Waals surface area contributed by atoms with E-state index in [0.29, 0.717) is 0 Å². The largest absolute Gasteiger partial charge is 0.388 e. The van der Waals surface area contributed by atoms with Crippen molar-refractivity contribution in [2.45, 2.75) is 26.4 Å². The van der Waals surface area contributed by atoms with Crippen LogP contribution in [0.5, 0.6) is 0 Å². The molecule has 0 aromatic carbocycles. The number of hydrogen-bond donors (Lipinski definition) is 1. The predicted octanol–water partition coefficient (Wildman–Crippen LogP) is 2.57. The lowest BCUT2D eigenvalue weighted by Gasteiger charge is -2.09. The number of pyridine rings is 1. The molecule has 0 bridgehead atoms. The number of nitrogens with zero attached hydrogens (tertiary/aromatic N) is 1. The van der Waals surface area contributed by atoms with Crippen molar-refractivity contribution in [1.82, 2.24) is 4.98 Å². The Labute approximate surface area is 89.8 Å². The number of aryl methyl sites for hydroxylation is 1. The van der Waals surface area contributed by atoms with E-state index in [1.165, 1.54) is 0 Å². The molecule has 1 N–H and O–H groups in total. The van der Waals surface area contributed by atoms with E-state index < -0.39 is 0 Å². The van der Waals surface area contributed by atoms with Gasteiger partial charge in [-0.05, 0) is 36.5 Å². The number of hydrogen-bond acceptors (Lipinski definition) is 3. The Balaban J connectivity index is 2.43. The number of thioether (sulfide) groups is 1. The molecule has 1 aromatic rings. The van der Waals surface area contributed by atoms with Crippen molar-refractivity contribution < 1.29 is 5.11 Å².